The van der Waals surface area contributed by atoms with E-state index in [-0.39, 0.29) is 24.8 Å². The topological polar surface area (TPSA) is 91.2 Å². The number of carbonyl (C=O) groups is 2. The van der Waals surface area contributed by atoms with Gasteiger partial charge in [0, 0.05) is 27.5 Å². The maximum absolute atomic E-state index is 13.2. The summed E-state index contributed by atoms with van der Waals surface area (Å²) in [5.74, 6) is -0.252. The monoisotopic (exact) mass is 454 g/mol. The van der Waals surface area contributed by atoms with Crippen LogP contribution in [0.5, 0.6) is 0 Å². The van der Waals surface area contributed by atoms with Gasteiger partial charge in [0.15, 0.2) is 0 Å². The highest BCUT2D eigenvalue weighted by Crippen LogP contribution is 2.40. The van der Waals surface area contributed by atoms with Gasteiger partial charge in [-0.1, -0.05) is 34.1 Å². The van der Waals surface area contributed by atoms with Gasteiger partial charge >= 0.3 is 0 Å². The lowest BCUT2D eigenvalue weighted by Gasteiger charge is -2.22. The van der Waals surface area contributed by atoms with E-state index >= 15 is 0 Å². The molecule has 4 N–H and O–H groups in total. The zero-order valence-electron chi connectivity index (χ0n) is 16.0. The van der Waals surface area contributed by atoms with Crippen LogP contribution in [0.1, 0.15) is 18.4 Å². The van der Waals surface area contributed by atoms with Crippen molar-refractivity contribution in [1.29, 1.82) is 0 Å². The number of hydrogen-bond donors (Lipinski definition) is 3. The Kier molecular flexibility index (Phi) is 5.69. The Balaban J connectivity index is 1.68. The van der Waals surface area contributed by atoms with E-state index in [9.17, 15) is 9.59 Å². The number of H-pyrrole nitrogens is 1. The van der Waals surface area contributed by atoms with E-state index in [0.717, 1.165) is 50.7 Å². The second-order valence-corrected chi connectivity index (χ2v) is 8.10. The number of carbonyl (C=O) groups excluding carboxylic acids is 2. The molecule has 1 aliphatic rings. The molecule has 3 aromatic rings. The van der Waals surface area contributed by atoms with Crippen LogP contribution in [0.25, 0.3) is 22.2 Å². The first-order valence-corrected chi connectivity index (χ1v) is 10.5. The van der Waals surface area contributed by atoms with Crippen LogP contribution in [0.4, 0.5) is 5.69 Å². The van der Waals surface area contributed by atoms with Crippen molar-refractivity contribution in [1.82, 2.24) is 10.3 Å². The summed E-state index contributed by atoms with van der Waals surface area (Å²) in [5, 5.41) is 3.91. The molecule has 29 heavy (non-hydrogen) atoms. The Morgan fingerprint density at radius 2 is 2.03 bits per heavy atom. The fourth-order valence-corrected chi connectivity index (χ4v) is 4.17. The number of unbranched alkanes of at least 4 members (excludes halogenated alkanes) is 1. The van der Waals surface area contributed by atoms with Crippen molar-refractivity contribution in [2.75, 3.05) is 24.5 Å². The molecule has 0 unspecified atom stereocenters. The summed E-state index contributed by atoms with van der Waals surface area (Å²) in [6.07, 6.45) is 1.93. The van der Waals surface area contributed by atoms with Crippen molar-refractivity contribution in [3.63, 3.8) is 0 Å². The molecular weight excluding hydrogens is 432 g/mol. The van der Waals surface area contributed by atoms with E-state index in [0.29, 0.717) is 13.1 Å². The summed E-state index contributed by atoms with van der Waals surface area (Å²) < 4.78 is 0.963. The number of nitrogens with two attached hydrogens (primary N) is 1. The largest absolute Gasteiger partial charge is 0.355 e. The number of amides is 2. The average molecular weight is 455 g/mol. The van der Waals surface area contributed by atoms with Gasteiger partial charge < -0.3 is 20.9 Å². The van der Waals surface area contributed by atoms with E-state index < -0.39 is 0 Å². The number of benzene rings is 2. The Labute approximate surface area is 177 Å². The van der Waals surface area contributed by atoms with E-state index in [1.807, 2.05) is 42.5 Å². The van der Waals surface area contributed by atoms with Gasteiger partial charge in [-0.2, -0.15) is 0 Å². The Bertz CT molecular complexity index is 1080. The Morgan fingerprint density at radius 3 is 2.86 bits per heavy atom. The van der Waals surface area contributed by atoms with Crippen LogP contribution in [0.3, 0.4) is 0 Å². The van der Waals surface area contributed by atoms with Crippen LogP contribution in [-0.2, 0) is 16.0 Å². The van der Waals surface area contributed by atoms with Crippen molar-refractivity contribution in [2.45, 2.75) is 19.3 Å². The Hall–Kier alpha value is -2.64. The quantitative estimate of drug-likeness (QED) is 0.498. The zero-order valence-corrected chi connectivity index (χ0v) is 17.6. The lowest BCUT2D eigenvalue weighted by atomic mass is 10.0. The van der Waals surface area contributed by atoms with E-state index in [4.69, 9.17) is 5.73 Å². The molecule has 2 heterocycles. The lowest BCUT2D eigenvalue weighted by molar-refractivity contribution is -0.123. The highest BCUT2D eigenvalue weighted by Gasteiger charge is 2.29. The first-order valence-electron chi connectivity index (χ1n) is 9.75. The molecule has 150 valence electrons. The molecule has 7 heteroatoms. The molecule has 0 saturated heterocycles. The predicted molar refractivity (Wildman–Crippen MR) is 119 cm³/mol. The highest BCUT2D eigenvalue weighted by atomic mass is 79.9. The molecule has 0 atom stereocenters. The van der Waals surface area contributed by atoms with Gasteiger partial charge in [0.1, 0.15) is 6.54 Å². The van der Waals surface area contributed by atoms with Crippen LogP contribution in [-0.4, -0.2) is 36.4 Å². The van der Waals surface area contributed by atoms with Crippen molar-refractivity contribution < 1.29 is 9.59 Å². The number of aromatic nitrogens is 1. The number of halogens is 1. The maximum atomic E-state index is 13.2. The van der Waals surface area contributed by atoms with E-state index in [1.54, 1.807) is 4.90 Å². The van der Waals surface area contributed by atoms with Crippen molar-refractivity contribution in [3.8, 4) is 11.3 Å². The first-order chi connectivity index (χ1) is 14.1. The summed E-state index contributed by atoms with van der Waals surface area (Å²) in [4.78, 5) is 30.7. The van der Waals surface area contributed by atoms with Gasteiger partial charge in [-0.05, 0) is 49.2 Å². The molecule has 2 amide bonds. The summed E-state index contributed by atoms with van der Waals surface area (Å²) in [5.41, 5.74) is 10.1. The molecule has 0 bridgehead atoms. The molecule has 2 aromatic carbocycles. The smallest absolute Gasteiger partial charge is 0.240 e. The number of nitrogens with zero attached hydrogens (tertiary/aromatic N) is 1. The molecule has 6 nitrogen and oxygen atoms in total. The second kappa shape index (κ2) is 8.39. The van der Waals surface area contributed by atoms with Crippen LogP contribution < -0.4 is 16.0 Å². The van der Waals surface area contributed by atoms with E-state index in [2.05, 4.69) is 26.2 Å². The second-order valence-electron chi connectivity index (χ2n) is 7.19. The normalized spacial score (nSPS) is 13.2. The zero-order chi connectivity index (χ0) is 20.4. The number of nitrogens with one attached hydrogen (secondary N) is 2. The van der Waals surface area contributed by atoms with Gasteiger partial charge in [-0.15, -0.1) is 0 Å². The van der Waals surface area contributed by atoms with Gasteiger partial charge in [0.2, 0.25) is 11.8 Å². The predicted octanol–water partition coefficient (Wildman–Crippen LogP) is 3.34. The third-order valence-corrected chi connectivity index (χ3v) is 5.71. The maximum Gasteiger partial charge on any atom is 0.240 e. The Morgan fingerprint density at radius 1 is 1.21 bits per heavy atom. The van der Waals surface area contributed by atoms with Crippen molar-refractivity contribution >= 4 is 44.3 Å². The molecule has 0 fully saturated rings. The first kappa shape index (κ1) is 19.7. The van der Waals surface area contributed by atoms with Crippen molar-refractivity contribution in [2.24, 2.45) is 5.73 Å². The summed E-state index contributed by atoms with van der Waals surface area (Å²) in [6, 6.07) is 13.7. The molecule has 0 radical (unpaired) electrons. The number of aromatic amines is 1. The van der Waals surface area contributed by atoms with Crippen LogP contribution >= 0.6 is 15.9 Å². The molecule has 0 saturated carbocycles. The number of rotatable bonds is 6. The molecule has 1 aliphatic heterocycles. The fourth-order valence-electron chi connectivity index (χ4n) is 3.80. The minimum Gasteiger partial charge on any atom is -0.355 e. The highest BCUT2D eigenvalue weighted by molar-refractivity contribution is 9.10. The van der Waals surface area contributed by atoms with E-state index in [1.165, 1.54) is 0 Å². The number of anilines is 1. The third kappa shape index (κ3) is 3.93. The molecule has 1 aromatic heterocycles. The molecular formula is C22H23BrN4O2. The number of fused-ring (bicyclic) bond motifs is 5. The van der Waals surface area contributed by atoms with Gasteiger partial charge in [0.25, 0.3) is 0 Å². The summed E-state index contributed by atoms with van der Waals surface area (Å²) in [7, 11) is 0. The van der Waals surface area contributed by atoms with Crippen LogP contribution in [0.2, 0.25) is 0 Å². The van der Waals surface area contributed by atoms with Gasteiger partial charge in [-0.3, -0.25) is 9.59 Å². The third-order valence-electron chi connectivity index (χ3n) is 5.22. The number of hydrogen-bond acceptors (Lipinski definition) is 3. The van der Waals surface area contributed by atoms with Gasteiger partial charge in [-0.25, -0.2) is 0 Å². The molecule has 4 rings (SSSR count). The van der Waals surface area contributed by atoms with Crippen LogP contribution in [0, 0.1) is 0 Å². The fraction of sp³-hybridized carbons (Fsp3) is 0.273. The standard InChI is InChI=1S/C22H23BrN4O2/c23-14-7-8-18-16(11-14)17-12-21(29)27(13-20(28)25-10-4-3-9-24)19-6-2-1-5-15(19)22(17)26-18/h1-2,5-8,11,26H,3-4,9-10,12-13,24H2,(H,25,28). The minimum atomic E-state index is -0.164. The average Bonchev–Trinajstić information content (AvgIpc) is 3.01. The van der Waals surface area contributed by atoms with Gasteiger partial charge in [0.05, 0.1) is 17.8 Å². The minimum absolute atomic E-state index is 0.00434. The number of para-hydroxylation sites is 1. The summed E-state index contributed by atoms with van der Waals surface area (Å²) >= 11 is 3.52. The molecule has 0 aliphatic carbocycles. The van der Waals surface area contributed by atoms with Crippen molar-refractivity contribution in [3.05, 3.63) is 52.5 Å². The van der Waals surface area contributed by atoms with Crippen LogP contribution in [0.15, 0.2) is 46.9 Å². The molecule has 0 spiro atoms. The lowest BCUT2D eigenvalue weighted by Crippen LogP contribution is -2.41. The SMILES string of the molecule is NCCCCNC(=O)CN1C(=O)Cc2c([nH]c3ccc(Br)cc23)-c2ccccc21. The summed E-state index contributed by atoms with van der Waals surface area (Å²) in [6.45, 7) is 1.18.